The van der Waals surface area contributed by atoms with Crippen LogP contribution in [0.3, 0.4) is 0 Å². The van der Waals surface area contributed by atoms with Gasteiger partial charge in [0.15, 0.2) is 0 Å². The van der Waals surface area contributed by atoms with Crippen LogP contribution in [0.1, 0.15) is 42.3 Å². The van der Waals surface area contributed by atoms with Gasteiger partial charge in [-0.15, -0.1) is 0 Å². The van der Waals surface area contributed by atoms with Crippen molar-refractivity contribution in [1.29, 1.82) is 0 Å². The van der Waals surface area contributed by atoms with Crippen molar-refractivity contribution in [2.75, 3.05) is 13.7 Å². The van der Waals surface area contributed by atoms with Crippen molar-refractivity contribution < 1.29 is 14.3 Å². The molecule has 0 amide bonds. The van der Waals surface area contributed by atoms with Crippen molar-refractivity contribution in [3.8, 4) is 5.75 Å². The molecule has 1 aliphatic rings. The molecule has 0 fully saturated rings. The minimum absolute atomic E-state index is 0.311. The fourth-order valence-electron chi connectivity index (χ4n) is 2.96. The third-order valence-corrected chi connectivity index (χ3v) is 4.17. The molecule has 4 nitrogen and oxygen atoms in total. The van der Waals surface area contributed by atoms with Crippen LogP contribution in [0.2, 0.25) is 0 Å². The van der Waals surface area contributed by atoms with Crippen LogP contribution >= 0.6 is 0 Å². The van der Waals surface area contributed by atoms with Crippen LogP contribution in [-0.4, -0.2) is 25.2 Å². The summed E-state index contributed by atoms with van der Waals surface area (Å²) in [6, 6.07) is 15.5. The Bertz CT molecular complexity index is 904. The average Bonchev–Trinajstić information content (AvgIpc) is 2.67. The number of para-hydroxylation sites is 1. The second-order valence-electron chi connectivity index (χ2n) is 7.43. The Kier molecular flexibility index (Phi) is 5.36. The highest BCUT2D eigenvalue weighted by molar-refractivity contribution is 5.92. The lowest BCUT2D eigenvalue weighted by atomic mass is 9.95. The maximum absolute atomic E-state index is 12.4. The molecule has 1 N–H and O–H groups in total. The zero-order valence-electron chi connectivity index (χ0n) is 16.2. The van der Waals surface area contributed by atoms with Crippen LogP contribution in [0.25, 0.3) is 11.1 Å². The first kappa shape index (κ1) is 18.8. The number of benzene rings is 2. The highest BCUT2D eigenvalue weighted by atomic mass is 16.6. The lowest BCUT2D eigenvalue weighted by Crippen LogP contribution is -2.24. The number of nitrogens with one attached hydrogen (secondary N) is 1. The fraction of sp³-hybridized carbons (Fsp3) is 0.261. The van der Waals surface area contributed by atoms with E-state index in [0.717, 1.165) is 28.0 Å². The molecule has 3 rings (SSSR count). The molecule has 0 unspecified atom stereocenters. The van der Waals surface area contributed by atoms with Gasteiger partial charge in [0.2, 0.25) is 0 Å². The zero-order chi connectivity index (χ0) is 19.4. The van der Waals surface area contributed by atoms with Gasteiger partial charge in [-0.2, -0.15) is 0 Å². The van der Waals surface area contributed by atoms with Crippen molar-refractivity contribution in [3.63, 3.8) is 0 Å². The van der Waals surface area contributed by atoms with E-state index < -0.39 is 5.60 Å². The summed E-state index contributed by atoms with van der Waals surface area (Å²) < 4.78 is 11.0. The van der Waals surface area contributed by atoms with E-state index in [4.69, 9.17) is 9.47 Å². The number of carbonyl (C=O) groups is 1. The number of rotatable bonds is 4. The van der Waals surface area contributed by atoms with Crippen LogP contribution in [0, 0.1) is 0 Å². The molecule has 27 heavy (non-hydrogen) atoms. The summed E-state index contributed by atoms with van der Waals surface area (Å²) in [6.07, 6.45) is 4.11. The minimum Gasteiger partial charge on any atom is -0.496 e. The standard InChI is InChI=1S/C23H25NO3/c1-23(2,3)27-22(25)17-9-7-8-16(12-17)18-13-19(15-24-14-18)20-10-5-6-11-21(20)26-4/h5-13,15,24H,14H2,1-4H3. The fourth-order valence-corrected chi connectivity index (χ4v) is 2.96. The molecule has 0 bridgehead atoms. The van der Waals surface area contributed by atoms with Gasteiger partial charge in [0.05, 0.1) is 12.7 Å². The molecule has 140 valence electrons. The number of hydrogen-bond acceptors (Lipinski definition) is 4. The number of dihydropyridines is 1. The second-order valence-corrected chi connectivity index (χ2v) is 7.43. The van der Waals surface area contributed by atoms with Gasteiger partial charge in [0.1, 0.15) is 11.4 Å². The van der Waals surface area contributed by atoms with Crippen molar-refractivity contribution in [3.05, 3.63) is 77.5 Å². The van der Waals surface area contributed by atoms with Gasteiger partial charge in [-0.1, -0.05) is 30.3 Å². The topological polar surface area (TPSA) is 47.6 Å². The van der Waals surface area contributed by atoms with Gasteiger partial charge >= 0.3 is 5.97 Å². The van der Waals surface area contributed by atoms with E-state index in [2.05, 4.69) is 11.4 Å². The average molecular weight is 363 g/mol. The van der Waals surface area contributed by atoms with Crippen molar-refractivity contribution in [2.45, 2.75) is 26.4 Å². The zero-order valence-corrected chi connectivity index (χ0v) is 16.2. The Morgan fingerprint density at radius 3 is 2.59 bits per heavy atom. The van der Waals surface area contributed by atoms with E-state index >= 15 is 0 Å². The minimum atomic E-state index is -0.515. The highest BCUT2D eigenvalue weighted by Crippen LogP contribution is 2.31. The van der Waals surface area contributed by atoms with Crippen LogP contribution in [0.4, 0.5) is 0 Å². The Morgan fingerprint density at radius 1 is 1.07 bits per heavy atom. The van der Waals surface area contributed by atoms with E-state index in [9.17, 15) is 4.79 Å². The maximum Gasteiger partial charge on any atom is 0.338 e. The number of allylic oxidation sites excluding steroid dienone is 2. The first-order valence-corrected chi connectivity index (χ1v) is 8.99. The molecule has 0 spiro atoms. The Labute approximate surface area is 160 Å². The third kappa shape index (κ3) is 4.59. The number of hydrogen-bond donors (Lipinski definition) is 1. The molecule has 1 heterocycles. The second kappa shape index (κ2) is 7.70. The largest absolute Gasteiger partial charge is 0.496 e. The first-order valence-electron chi connectivity index (χ1n) is 8.99. The highest BCUT2D eigenvalue weighted by Gasteiger charge is 2.19. The summed E-state index contributed by atoms with van der Waals surface area (Å²) in [5.41, 5.74) is 4.19. The smallest absolute Gasteiger partial charge is 0.338 e. The number of methoxy groups -OCH3 is 1. The van der Waals surface area contributed by atoms with E-state index in [-0.39, 0.29) is 5.97 Å². The first-order chi connectivity index (χ1) is 12.9. The summed E-state index contributed by atoms with van der Waals surface area (Å²) in [4.78, 5) is 12.4. The molecule has 1 aliphatic heterocycles. The van der Waals surface area contributed by atoms with E-state index in [1.165, 1.54) is 0 Å². The molecule has 2 aromatic carbocycles. The summed E-state index contributed by atoms with van der Waals surface area (Å²) in [7, 11) is 1.67. The predicted octanol–water partition coefficient (Wildman–Crippen LogP) is 4.68. The maximum atomic E-state index is 12.4. The van der Waals surface area contributed by atoms with Gasteiger partial charge in [0, 0.05) is 23.9 Å². The molecule has 4 heteroatoms. The normalized spacial score (nSPS) is 13.9. The van der Waals surface area contributed by atoms with Crippen molar-refractivity contribution >= 4 is 17.1 Å². The van der Waals surface area contributed by atoms with Crippen LogP contribution in [0.5, 0.6) is 5.75 Å². The van der Waals surface area contributed by atoms with Gasteiger partial charge in [-0.05, 0) is 56.2 Å². The van der Waals surface area contributed by atoms with Gasteiger partial charge in [0.25, 0.3) is 0 Å². The van der Waals surface area contributed by atoms with Crippen molar-refractivity contribution in [2.24, 2.45) is 0 Å². The van der Waals surface area contributed by atoms with E-state index in [0.29, 0.717) is 12.1 Å². The molecule has 0 saturated carbocycles. The van der Waals surface area contributed by atoms with E-state index in [1.807, 2.05) is 69.4 Å². The summed E-state index contributed by atoms with van der Waals surface area (Å²) in [6.45, 7) is 6.29. The molecule has 2 aromatic rings. The molecular weight excluding hydrogens is 338 g/mol. The molecular formula is C23H25NO3. The Balaban J connectivity index is 1.91. The molecule has 0 atom stereocenters. The Morgan fingerprint density at radius 2 is 1.85 bits per heavy atom. The SMILES string of the molecule is COc1ccccc1C1=CNCC(c2cccc(C(=O)OC(C)(C)C)c2)=C1. The lowest BCUT2D eigenvalue weighted by molar-refractivity contribution is 0.00695. The van der Waals surface area contributed by atoms with Gasteiger partial charge in [-0.25, -0.2) is 4.79 Å². The molecule has 0 aliphatic carbocycles. The summed E-state index contributed by atoms with van der Waals surface area (Å²) >= 11 is 0. The van der Waals surface area contributed by atoms with E-state index in [1.54, 1.807) is 13.2 Å². The van der Waals surface area contributed by atoms with Gasteiger partial charge < -0.3 is 14.8 Å². The lowest BCUT2D eigenvalue weighted by Gasteiger charge is -2.20. The van der Waals surface area contributed by atoms with Crippen LogP contribution in [-0.2, 0) is 4.74 Å². The van der Waals surface area contributed by atoms with Crippen LogP contribution < -0.4 is 10.1 Å². The van der Waals surface area contributed by atoms with Crippen LogP contribution in [0.15, 0.2) is 60.8 Å². The molecule has 0 radical (unpaired) electrons. The summed E-state index contributed by atoms with van der Waals surface area (Å²) in [5, 5.41) is 3.32. The van der Waals surface area contributed by atoms with Gasteiger partial charge in [-0.3, -0.25) is 0 Å². The monoisotopic (exact) mass is 363 g/mol. The number of ether oxygens (including phenoxy) is 2. The Hall–Kier alpha value is -3.01. The molecule has 0 saturated heterocycles. The summed E-state index contributed by atoms with van der Waals surface area (Å²) in [5.74, 6) is 0.514. The third-order valence-electron chi connectivity index (χ3n) is 4.17. The predicted molar refractivity (Wildman–Crippen MR) is 109 cm³/mol. The molecule has 0 aromatic heterocycles. The number of esters is 1. The van der Waals surface area contributed by atoms with Crippen molar-refractivity contribution in [1.82, 2.24) is 5.32 Å². The number of carbonyl (C=O) groups excluding carboxylic acids is 1. The quantitative estimate of drug-likeness (QED) is 0.802.